The van der Waals surface area contributed by atoms with Crippen LogP contribution in [-0.2, 0) is 32.0 Å². The van der Waals surface area contributed by atoms with Crippen molar-refractivity contribution in [2.75, 3.05) is 6.54 Å². The minimum absolute atomic E-state index is 0.113. The fourth-order valence-corrected chi connectivity index (χ4v) is 2.94. The van der Waals surface area contributed by atoms with Gasteiger partial charge in [0.1, 0.15) is 6.04 Å². The number of nitrogens with one attached hydrogen (secondary N) is 2. The van der Waals surface area contributed by atoms with Gasteiger partial charge in [0, 0.05) is 19.3 Å². The quantitative estimate of drug-likeness (QED) is 0.397. The first kappa shape index (κ1) is 23.8. The molecule has 0 saturated heterocycles. The molecule has 2 amide bonds. The second-order valence-electron chi connectivity index (χ2n) is 7.20. The summed E-state index contributed by atoms with van der Waals surface area (Å²) in [6.45, 7) is -0.235. The molecule has 0 radical (unpaired) electrons. The molecular formula is C23H27N3O5. The van der Waals surface area contributed by atoms with Crippen molar-refractivity contribution in [1.29, 1.82) is 0 Å². The largest absolute Gasteiger partial charge is 0.480 e. The number of rotatable bonds is 12. The third-order valence-electron chi connectivity index (χ3n) is 4.64. The average molecular weight is 425 g/mol. The number of nitrogens with two attached hydrogens (primary N) is 1. The summed E-state index contributed by atoms with van der Waals surface area (Å²) in [4.78, 5) is 47.5. The van der Waals surface area contributed by atoms with Crippen molar-refractivity contribution in [3.8, 4) is 0 Å². The Morgan fingerprint density at radius 3 is 1.94 bits per heavy atom. The van der Waals surface area contributed by atoms with Crippen molar-refractivity contribution >= 4 is 23.6 Å². The van der Waals surface area contributed by atoms with E-state index in [9.17, 15) is 24.3 Å². The lowest BCUT2D eigenvalue weighted by Crippen LogP contribution is -2.44. The Morgan fingerprint density at radius 1 is 0.839 bits per heavy atom. The smallest absolute Gasteiger partial charge is 0.326 e. The molecule has 0 saturated carbocycles. The normalized spacial score (nSPS) is 12.4. The number of hydrogen-bond acceptors (Lipinski definition) is 5. The number of Topliss-reactive ketones (excluding diaryl/α,β-unsaturated/α-hetero) is 1. The SMILES string of the molecule is NC(Cc1ccccc1)C(=O)NCC(=O)CCC(=O)NC(Cc1ccccc1)C(=O)O. The van der Waals surface area contributed by atoms with Gasteiger partial charge < -0.3 is 21.5 Å². The molecule has 31 heavy (non-hydrogen) atoms. The van der Waals surface area contributed by atoms with Crippen molar-refractivity contribution in [3.05, 3.63) is 71.8 Å². The molecule has 2 atom stereocenters. The van der Waals surface area contributed by atoms with Gasteiger partial charge >= 0.3 is 5.97 Å². The van der Waals surface area contributed by atoms with Crippen molar-refractivity contribution in [3.63, 3.8) is 0 Å². The van der Waals surface area contributed by atoms with Gasteiger partial charge in [0.05, 0.1) is 12.6 Å². The van der Waals surface area contributed by atoms with Crippen LogP contribution in [0.1, 0.15) is 24.0 Å². The summed E-state index contributed by atoms with van der Waals surface area (Å²) >= 11 is 0. The van der Waals surface area contributed by atoms with Crippen LogP contribution >= 0.6 is 0 Å². The van der Waals surface area contributed by atoms with E-state index in [4.69, 9.17) is 5.73 Å². The number of carbonyl (C=O) groups excluding carboxylic acids is 3. The highest BCUT2D eigenvalue weighted by molar-refractivity contribution is 5.91. The van der Waals surface area contributed by atoms with Gasteiger partial charge in [-0.15, -0.1) is 0 Å². The topological polar surface area (TPSA) is 139 Å². The Hall–Kier alpha value is -3.52. The van der Waals surface area contributed by atoms with Crippen molar-refractivity contribution < 1.29 is 24.3 Å². The number of amides is 2. The maximum atomic E-state index is 12.1. The van der Waals surface area contributed by atoms with Crippen LogP contribution < -0.4 is 16.4 Å². The summed E-state index contributed by atoms with van der Waals surface area (Å²) in [5.41, 5.74) is 7.55. The first-order chi connectivity index (χ1) is 14.8. The second-order valence-corrected chi connectivity index (χ2v) is 7.20. The Morgan fingerprint density at radius 2 is 1.39 bits per heavy atom. The first-order valence-corrected chi connectivity index (χ1v) is 10.00. The molecule has 164 valence electrons. The van der Waals surface area contributed by atoms with Crippen LogP contribution in [0.25, 0.3) is 0 Å². The zero-order chi connectivity index (χ0) is 22.6. The number of carboxylic acids is 1. The maximum Gasteiger partial charge on any atom is 0.326 e. The van der Waals surface area contributed by atoms with Gasteiger partial charge in [-0.2, -0.15) is 0 Å². The summed E-state index contributed by atoms with van der Waals surface area (Å²) in [5, 5.41) is 14.2. The third-order valence-corrected chi connectivity index (χ3v) is 4.64. The van der Waals surface area contributed by atoms with E-state index >= 15 is 0 Å². The lowest BCUT2D eigenvalue weighted by Gasteiger charge is -2.15. The fourth-order valence-electron chi connectivity index (χ4n) is 2.94. The lowest BCUT2D eigenvalue weighted by molar-refractivity contribution is -0.141. The second kappa shape index (κ2) is 12.2. The summed E-state index contributed by atoms with van der Waals surface area (Å²) in [5.74, 6) is -2.48. The minimum atomic E-state index is -1.15. The Labute approximate surface area is 180 Å². The van der Waals surface area contributed by atoms with Crippen LogP contribution in [0, 0.1) is 0 Å². The predicted octanol–water partition coefficient (Wildman–Crippen LogP) is 0.834. The van der Waals surface area contributed by atoms with Crippen LogP contribution in [0.2, 0.25) is 0 Å². The Bertz CT molecular complexity index is 887. The fraction of sp³-hybridized carbons (Fsp3) is 0.304. The predicted molar refractivity (Wildman–Crippen MR) is 115 cm³/mol. The Kier molecular flexibility index (Phi) is 9.38. The maximum absolute atomic E-state index is 12.1. The van der Waals surface area contributed by atoms with Crippen molar-refractivity contribution in [2.24, 2.45) is 5.73 Å². The molecule has 0 aliphatic heterocycles. The van der Waals surface area contributed by atoms with E-state index in [-0.39, 0.29) is 31.6 Å². The zero-order valence-corrected chi connectivity index (χ0v) is 17.1. The molecule has 0 fully saturated rings. The summed E-state index contributed by atoms with van der Waals surface area (Å²) in [6.07, 6.45) is 0.216. The molecule has 2 unspecified atom stereocenters. The van der Waals surface area contributed by atoms with Gasteiger partial charge in [0.2, 0.25) is 11.8 Å². The third kappa shape index (κ3) is 8.79. The van der Waals surface area contributed by atoms with Gasteiger partial charge in [0.25, 0.3) is 0 Å². The van der Waals surface area contributed by atoms with Gasteiger partial charge in [-0.1, -0.05) is 60.7 Å². The van der Waals surface area contributed by atoms with Crippen molar-refractivity contribution in [1.82, 2.24) is 10.6 Å². The number of benzene rings is 2. The van der Waals surface area contributed by atoms with Crippen LogP contribution in [0.3, 0.4) is 0 Å². The van der Waals surface area contributed by atoms with Crippen LogP contribution in [0.5, 0.6) is 0 Å². The van der Waals surface area contributed by atoms with E-state index in [1.165, 1.54) is 0 Å². The molecule has 5 N–H and O–H groups in total. The molecule has 0 aliphatic carbocycles. The average Bonchev–Trinajstić information content (AvgIpc) is 2.76. The molecule has 8 nitrogen and oxygen atoms in total. The molecular weight excluding hydrogens is 398 g/mol. The molecule has 2 aromatic rings. The van der Waals surface area contributed by atoms with Crippen LogP contribution in [0.15, 0.2) is 60.7 Å². The Balaban J connectivity index is 1.71. The van der Waals surface area contributed by atoms with E-state index in [0.29, 0.717) is 6.42 Å². The van der Waals surface area contributed by atoms with E-state index in [1.54, 1.807) is 24.3 Å². The molecule has 0 heterocycles. The van der Waals surface area contributed by atoms with E-state index < -0.39 is 29.9 Å². The molecule has 8 heteroatoms. The van der Waals surface area contributed by atoms with Crippen LogP contribution in [-0.4, -0.2) is 47.3 Å². The summed E-state index contributed by atoms with van der Waals surface area (Å²) in [7, 11) is 0. The van der Waals surface area contributed by atoms with E-state index in [0.717, 1.165) is 11.1 Å². The molecule has 0 bridgehead atoms. The standard InChI is InChI=1S/C23H27N3O5/c24-19(13-16-7-3-1-4-8-16)22(29)25-15-18(27)11-12-21(28)26-20(23(30)31)14-17-9-5-2-6-10-17/h1-10,19-20H,11-15,24H2,(H,25,29)(H,26,28)(H,30,31). The van der Waals surface area contributed by atoms with Gasteiger partial charge in [0.15, 0.2) is 5.78 Å². The van der Waals surface area contributed by atoms with E-state index in [2.05, 4.69) is 10.6 Å². The van der Waals surface area contributed by atoms with Gasteiger partial charge in [-0.25, -0.2) is 4.79 Å². The highest BCUT2D eigenvalue weighted by Gasteiger charge is 2.21. The number of ketones is 1. The lowest BCUT2D eigenvalue weighted by atomic mass is 10.1. The molecule has 2 rings (SSSR count). The monoisotopic (exact) mass is 425 g/mol. The van der Waals surface area contributed by atoms with Gasteiger partial charge in [-0.3, -0.25) is 14.4 Å². The molecule has 2 aromatic carbocycles. The molecule has 0 aromatic heterocycles. The molecule has 0 aliphatic rings. The number of aliphatic carboxylic acids is 1. The zero-order valence-electron chi connectivity index (χ0n) is 17.1. The molecule has 0 spiro atoms. The first-order valence-electron chi connectivity index (χ1n) is 10.00. The van der Waals surface area contributed by atoms with Crippen molar-refractivity contribution in [2.45, 2.75) is 37.8 Å². The highest BCUT2D eigenvalue weighted by atomic mass is 16.4. The van der Waals surface area contributed by atoms with Gasteiger partial charge in [-0.05, 0) is 17.5 Å². The van der Waals surface area contributed by atoms with Crippen LogP contribution in [0.4, 0.5) is 0 Å². The minimum Gasteiger partial charge on any atom is -0.480 e. The number of hydrogen-bond donors (Lipinski definition) is 4. The summed E-state index contributed by atoms with van der Waals surface area (Å²) in [6, 6.07) is 16.4. The highest BCUT2D eigenvalue weighted by Crippen LogP contribution is 2.05. The summed E-state index contributed by atoms with van der Waals surface area (Å²) < 4.78 is 0. The number of carboxylic acid groups (broad SMARTS) is 1. The van der Waals surface area contributed by atoms with E-state index in [1.807, 2.05) is 36.4 Å². The number of carbonyl (C=O) groups is 4.